The Morgan fingerprint density at radius 1 is 1.43 bits per heavy atom. The van der Waals surface area contributed by atoms with Crippen LogP contribution in [0.15, 0.2) is 27.8 Å². The number of nitrogens with zero attached hydrogens (tertiary/aromatic N) is 3. The van der Waals surface area contributed by atoms with Crippen molar-refractivity contribution in [2.45, 2.75) is 31.9 Å². The number of hydrogen-bond donors (Lipinski definition) is 2. The number of fused-ring (bicyclic) bond motifs is 1. The van der Waals surface area contributed by atoms with Crippen molar-refractivity contribution in [3.8, 4) is 0 Å². The van der Waals surface area contributed by atoms with Gasteiger partial charge in [0, 0.05) is 17.3 Å². The minimum atomic E-state index is -0.745. The van der Waals surface area contributed by atoms with Crippen LogP contribution in [0.5, 0.6) is 0 Å². The topological polar surface area (TPSA) is 112 Å². The number of benzene rings is 1. The monoisotopic (exact) mass is 449 g/mol. The number of aromatic nitrogens is 2. The average molecular weight is 450 g/mol. The molecule has 8 nitrogen and oxygen atoms in total. The number of ether oxygens (including phenoxy) is 1. The highest BCUT2D eigenvalue weighted by Crippen LogP contribution is 2.31. The minimum Gasteiger partial charge on any atom is -0.463 e. The van der Waals surface area contributed by atoms with E-state index in [1.807, 2.05) is 0 Å². The molecule has 2 atom stereocenters. The number of nitrogens with one attached hydrogen (secondary N) is 1. The first kappa shape index (κ1) is 18.6. The number of esters is 1. The maximum absolute atomic E-state index is 13.5. The molecular weight excluding hydrogens is 433 g/mol. The number of aryl methyl sites for hydroxylation is 1. The lowest BCUT2D eigenvalue weighted by atomic mass is 9.94. The van der Waals surface area contributed by atoms with E-state index in [0.29, 0.717) is 46.7 Å². The number of nitrogen functional groups attached to an aromatic ring is 1. The first-order valence-corrected chi connectivity index (χ1v) is 9.47. The van der Waals surface area contributed by atoms with Crippen LogP contribution in [0.4, 0.5) is 10.3 Å². The molecule has 0 radical (unpaired) electrons. The zero-order chi connectivity index (χ0) is 19.8. The summed E-state index contributed by atoms with van der Waals surface area (Å²) in [6.07, 6.45) is 0.190. The molecule has 0 saturated carbocycles. The van der Waals surface area contributed by atoms with E-state index in [1.165, 1.54) is 12.1 Å². The molecule has 2 unspecified atom stereocenters. The Hall–Kier alpha value is -2.75. The second kappa shape index (κ2) is 7.34. The van der Waals surface area contributed by atoms with Crippen molar-refractivity contribution in [1.82, 2.24) is 15.3 Å². The maximum atomic E-state index is 13.5. The summed E-state index contributed by atoms with van der Waals surface area (Å²) >= 11 is 3.40. The first-order chi connectivity index (χ1) is 13.4. The SMILES string of the molecule is Cc1nc(N)nc2c1C(=NOC1CCOC1=O)NC(c1ccc(F)cc1Br)C2. The van der Waals surface area contributed by atoms with Crippen LogP contribution in [0.2, 0.25) is 0 Å². The Labute approximate surface area is 168 Å². The van der Waals surface area contributed by atoms with Crippen LogP contribution >= 0.6 is 15.9 Å². The molecule has 0 bridgehead atoms. The van der Waals surface area contributed by atoms with Crippen molar-refractivity contribution < 1.29 is 18.8 Å². The molecule has 146 valence electrons. The zero-order valence-electron chi connectivity index (χ0n) is 14.9. The van der Waals surface area contributed by atoms with Crippen molar-refractivity contribution in [3.05, 3.63) is 51.0 Å². The minimum absolute atomic E-state index is 0.162. The molecule has 28 heavy (non-hydrogen) atoms. The highest BCUT2D eigenvalue weighted by molar-refractivity contribution is 9.10. The summed E-state index contributed by atoms with van der Waals surface area (Å²) in [5, 5.41) is 7.45. The molecule has 2 aromatic rings. The highest BCUT2D eigenvalue weighted by atomic mass is 79.9. The third-order valence-electron chi connectivity index (χ3n) is 4.62. The number of nitrogens with two attached hydrogens (primary N) is 1. The number of hydrogen-bond acceptors (Lipinski definition) is 7. The molecule has 2 aliphatic heterocycles. The van der Waals surface area contributed by atoms with Gasteiger partial charge in [0.1, 0.15) is 5.82 Å². The molecule has 1 aromatic heterocycles. The molecule has 1 saturated heterocycles. The molecule has 1 aromatic carbocycles. The summed E-state index contributed by atoms with van der Waals surface area (Å²) < 4.78 is 19.0. The second-order valence-corrected chi connectivity index (χ2v) is 7.40. The molecule has 4 rings (SSSR count). The van der Waals surface area contributed by atoms with E-state index in [9.17, 15) is 9.18 Å². The fourth-order valence-corrected chi connectivity index (χ4v) is 3.95. The summed E-state index contributed by atoms with van der Waals surface area (Å²) in [5.74, 6) is -0.232. The summed E-state index contributed by atoms with van der Waals surface area (Å²) in [4.78, 5) is 25.6. The molecule has 0 spiro atoms. The number of rotatable bonds is 3. The van der Waals surface area contributed by atoms with E-state index in [0.717, 1.165) is 5.56 Å². The van der Waals surface area contributed by atoms with Gasteiger partial charge in [-0.05, 0) is 24.6 Å². The Balaban J connectivity index is 1.72. The van der Waals surface area contributed by atoms with Crippen LogP contribution in [0, 0.1) is 12.7 Å². The molecule has 0 aliphatic carbocycles. The Morgan fingerprint density at radius 3 is 2.96 bits per heavy atom. The van der Waals surface area contributed by atoms with Gasteiger partial charge in [-0.1, -0.05) is 27.2 Å². The molecule has 3 heterocycles. The van der Waals surface area contributed by atoms with Crippen LogP contribution < -0.4 is 11.1 Å². The van der Waals surface area contributed by atoms with Crippen molar-refractivity contribution in [1.29, 1.82) is 0 Å². The van der Waals surface area contributed by atoms with Crippen LogP contribution in [0.25, 0.3) is 0 Å². The predicted octanol–water partition coefficient (Wildman–Crippen LogP) is 2.15. The van der Waals surface area contributed by atoms with E-state index >= 15 is 0 Å². The Bertz CT molecular complexity index is 984. The van der Waals surface area contributed by atoms with E-state index in [1.54, 1.807) is 13.0 Å². The van der Waals surface area contributed by atoms with Gasteiger partial charge in [0.05, 0.1) is 29.6 Å². The van der Waals surface area contributed by atoms with Crippen molar-refractivity contribution in [2.75, 3.05) is 12.3 Å². The van der Waals surface area contributed by atoms with Crippen LogP contribution in [0.3, 0.4) is 0 Å². The van der Waals surface area contributed by atoms with E-state index in [-0.39, 0.29) is 17.8 Å². The molecule has 10 heteroatoms. The highest BCUT2D eigenvalue weighted by Gasteiger charge is 2.32. The van der Waals surface area contributed by atoms with Gasteiger partial charge in [-0.25, -0.2) is 19.2 Å². The predicted molar refractivity (Wildman–Crippen MR) is 102 cm³/mol. The summed E-state index contributed by atoms with van der Waals surface area (Å²) in [7, 11) is 0. The smallest absolute Gasteiger partial charge is 0.350 e. The summed E-state index contributed by atoms with van der Waals surface area (Å²) in [6, 6.07) is 4.22. The molecule has 1 fully saturated rings. The zero-order valence-corrected chi connectivity index (χ0v) is 16.5. The lowest BCUT2D eigenvalue weighted by Gasteiger charge is -2.29. The van der Waals surface area contributed by atoms with E-state index in [2.05, 4.69) is 36.4 Å². The Kier molecular flexibility index (Phi) is 4.88. The first-order valence-electron chi connectivity index (χ1n) is 8.67. The van der Waals surface area contributed by atoms with Crippen molar-refractivity contribution in [3.63, 3.8) is 0 Å². The van der Waals surface area contributed by atoms with Gasteiger partial charge >= 0.3 is 5.97 Å². The quantitative estimate of drug-likeness (QED) is 0.545. The van der Waals surface area contributed by atoms with Crippen molar-refractivity contribution in [2.24, 2.45) is 5.16 Å². The number of amidine groups is 1. The number of halogens is 2. The molecule has 0 amide bonds. The molecule has 3 N–H and O–H groups in total. The normalized spacial score (nSPS) is 22.5. The number of carbonyl (C=O) groups is 1. The maximum Gasteiger partial charge on any atom is 0.350 e. The number of carbonyl (C=O) groups excluding carboxylic acids is 1. The molecule has 2 aliphatic rings. The third kappa shape index (κ3) is 3.51. The lowest BCUT2D eigenvalue weighted by Crippen LogP contribution is -2.38. The Morgan fingerprint density at radius 2 is 2.25 bits per heavy atom. The lowest BCUT2D eigenvalue weighted by molar-refractivity contribution is -0.147. The van der Waals surface area contributed by atoms with Crippen LogP contribution in [-0.2, 0) is 20.8 Å². The number of anilines is 1. The average Bonchev–Trinajstić information content (AvgIpc) is 3.03. The van der Waals surface area contributed by atoms with Crippen LogP contribution in [-0.4, -0.2) is 34.5 Å². The summed E-state index contributed by atoms with van der Waals surface area (Å²) in [5.41, 5.74) is 8.66. The fourth-order valence-electron chi connectivity index (χ4n) is 3.33. The number of cyclic esters (lactones) is 1. The van der Waals surface area contributed by atoms with Gasteiger partial charge in [-0.3, -0.25) is 0 Å². The van der Waals surface area contributed by atoms with Gasteiger partial charge in [-0.2, -0.15) is 0 Å². The van der Waals surface area contributed by atoms with Gasteiger partial charge in [0.15, 0.2) is 5.84 Å². The van der Waals surface area contributed by atoms with Crippen LogP contribution in [0.1, 0.15) is 35.0 Å². The molecular formula is C18H17BrFN5O3. The second-order valence-electron chi connectivity index (χ2n) is 6.55. The van der Waals surface area contributed by atoms with E-state index < -0.39 is 12.1 Å². The van der Waals surface area contributed by atoms with Gasteiger partial charge in [-0.15, -0.1) is 0 Å². The van der Waals surface area contributed by atoms with Gasteiger partial charge in [0.25, 0.3) is 0 Å². The van der Waals surface area contributed by atoms with E-state index in [4.69, 9.17) is 15.3 Å². The largest absolute Gasteiger partial charge is 0.463 e. The standard InChI is InChI=1S/C18H17BrFN5O3/c1-8-15-13(24-18(21)22-8)7-12(10-3-2-9(20)6-11(10)19)23-16(15)25-28-14-4-5-27-17(14)26/h2-3,6,12,14H,4-5,7H2,1H3,(H,23,25)(H2,21,22,24). The number of oxime groups is 1. The third-order valence-corrected chi connectivity index (χ3v) is 5.31. The summed E-state index contributed by atoms with van der Waals surface area (Å²) in [6.45, 7) is 2.11. The fraction of sp³-hybridized carbons (Fsp3) is 0.333. The van der Waals surface area contributed by atoms with Gasteiger partial charge in [0.2, 0.25) is 12.1 Å². The van der Waals surface area contributed by atoms with Gasteiger partial charge < -0.3 is 20.6 Å². The van der Waals surface area contributed by atoms with Crippen molar-refractivity contribution >= 4 is 33.7 Å².